The van der Waals surface area contributed by atoms with Gasteiger partial charge in [0.2, 0.25) is 0 Å². The fraction of sp³-hybridized carbons (Fsp3) is 0. The summed E-state index contributed by atoms with van der Waals surface area (Å²) in [6.07, 6.45) is 1.97. The van der Waals surface area contributed by atoms with Gasteiger partial charge in [-0.3, -0.25) is 4.57 Å². The molecule has 0 aliphatic heterocycles. The molecule has 0 unspecified atom stereocenters. The van der Waals surface area contributed by atoms with Crippen LogP contribution >= 0.6 is 31.9 Å². The highest BCUT2D eigenvalue weighted by Gasteiger charge is 2.15. The molecule has 7 aromatic rings. The normalized spacial score (nSPS) is 11.8. The van der Waals surface area contributed by atoms with Gasteiger partial charge < -0.3 is 4.57 Å². The van der Waals surface area contributed by atoms with Crippen LogP contribution in [0.25, 0.3) is 55.1 Å². The predicted octanol–water partition coefficient (Wildman–Crippen LogP) is 8.80. The molecule has 3 aromatic heterocycles. The number of nitrogens with zero attached hydrogens (tertiary/aromatic N) is 3. The Bertz CT molecular complexity index is 1740. The van der Waals surface area contributed by atoms with E-state index in [1.54, 1.807) is 0 Å². The van der Waals surface area contributed by atoms with Gasteiger partial charge in [-0.1, -0.05) is 68.3 Å². The summed E-state index contributed by atoms with van der Waals surface area (Å²) in [6.45, 7) is 0. The summed E-state index contributed by atoms with van der Waals surface area (Å²) in [5, 5.41) is 4.89. The molecular formula is C29H17Br2N3. The standard InChI is InChI=1S/C29H17Br2N3/c30-18-9-12-27-23(15-18)21-5-1-3-7-25(21)33(27)20-11-14-29(32-17-20)34-26-8-4-2-6-22(26)24-16-19(31)10-13-28(24)34/h1-17H. The minimum absolute atomic E-state index is 0.904. The smallest absolute Gasteiger partial charge is 0.137 e. The maximum atomic E-state index is 4.95. The van der Waals surface area contributed by atoms with Gasteiger partial charge in [-0.15, -0.1) is 0 Å². The quantitative estimate of drug-likeness (QED) is 0.205. The van der Waals surface area contributed by atoms with Gasteiger partial charge in [0.15, 0.2) is 0 Å². The Kier molecular flexibility index (Phi) is 4.44. The van der Waals surface area contributed by atoms with Crippen LogP contribution in [-0.2, 0) is 0 Å². The maximum absolute atomic E-state index is 4.95. The van der Waals surface area contributed by atoms with E-state index in [0.717, 1.165) is 31.5 Å². The Morgan fingerprint density at radius 2 is 1.03 bits per heavy atom. The van der Waals surface area contributed by atoms with E-state index in [2.05, 4.69) is 138 Å². The van der Waals surface area contributed by atoms with E-state index in [4.69, 9.17) is 4.98 Å². The van der Waals surface area contributed by atoms with Crippen LogP contribution in [0.3, 0.4) is 0 Å². The second kappa shape index (κ2) is 7.55. The molecule has 34 heavy (non-hydrogen) atoms. The summed E-state index contributed by atoms with van der Waals surface area (Å²) in [5.74, 6) is 0.904. The Morgan fingerprint density at radius 3 is 1.62 bits per heavy atom. The third kappa shape index (κ3) is 2.90. The van der Waals surface area contributed by atoms with Crippen molar-refractivity contribution in [3.8, 4) is 11.5 Å². The maximum Gasteiger partial charge on any atom is 0.137 e. The first-order valence-corrected chi connectivity index (χ1v) is 12.6. The number of halogens is 2. The molecule has 0 radical (unpaired) electrons. The monoisotopic (exact) mass is 565 g/mol. The van der Waals surface area contributed by atoms with Crippen LogP contribution in [0, 0.1) is 0 Å². The number of para-hydroxylation sites is 2. The van der Waals surface area contributed by atoms with Crippen molar-refractivity contribution < 1.29 is 0 Å². The molecule has 162 valence electrons. The van der Waals surface area contributed by atoms with Gasteiger partial charge in [0, 0.05) is 30.5 Å². The van der Waals surface area contributed by atoms with Crippen molar-refractivity contribution in [3.05, 3.63) is 112 Å². The zero-order valence-electron chi connectivity index (χ0n) is 17.9. The van der Waals surface area contributed by atoms with Gasteiger partial charge in [0.1, 0.15) is 5.82 Å². The second-order valence-corrected chi connectivity index (χ2v) is 10.2. The Morgan fingerprint density at radius 1 is 0.500 bits per heavy atom. The summed E-state index contributed by atoms with van der Waals surface area (Å²) < 4.78 is 6.68. The van der Waals surface area contributed by atoms with Gasteiger partial charge in [0.05, 0.1) is 34.0 Å². The first-order valence-electron chi connectivity index (χ1n) is 11.0. The van der Waals surface area contributed by atoms with Gasteiger partial charge >= 0.3 is 0 Å². The average Bonchev–Trinajstić information content (AvgIpc) is 3.37. The van der Waals surface area contributed by atoms with Crippen molar-refractivity contribution in [2.45, 2.75) is 0 Å². The molecular weight excluding hydrogens is 550 g/mol. The number of benzene rings is 4. The van der Waals surface area contributed by atoms with Crippen LogP contribution in [0.15, 0.2) is 112 Å². The van der Waals surface area contributed by atoms with Crippen LogP contribution in [0.5, 0.6) is 0 Å². The van der Waals surface area contributed by atoms with Crippen LogP contribution in [0.1, 0.15) is 0 Å². The summed E-state index contributed by atoms with van der Waals surface area (Å²) in [5.41, 5.74) is 5.68. The van der Waals surface area contributed by atoms with Crippen molar-refractivity contribution >= 4 is 75.5 Å². The SMILES string of the molecule is Brc1ccc2c(c1)c1ccccc1n2-c1ccc(-n2c3ccccc3c3cc(Br)ccc32)nc1. The first-order chi connectivity index (χ1) is 16.7. The number of aromatic nitrogens is 3. The molecule has 0 N–H and O–H groups in total. The van der Waals surface area contributed by atoms with Crippen LogP contribution in [-0.4, -0.2) is 14.1 Å². The van der Waals surface area contributed by atoms with E-state index in [9.17, 15) is 0 Å². The Hall–Kier alpha value is -3.41. The van der Waals surface area contributed by atoms with Crippen LogP contribution in [0.4, 0.5) is 0 Å². The lowest BCUT2D eigenvalue weighted by Crippen LogP contribution is -2.00. The summed E-state index contributed by atoms with van der Waals surface area (Å²) in [4.78, 5) is 4.95. The zero-order chi connectivity index (χ0) is 22.8. The highest BCUT2D eigenvalue weighted by atomic mass is 79.9. The molecule has 0 saturated heterocycles. The molecule has 0 aliphatic carbocycles. The van der Waals surface area contributed by atoms with Crippen molar-refractivity contribution in [2.24, 2.45) is 0 Å². The molecule has 0 aliphatic rings. The van der Waals surface area contributed by atoms with Crippen LogP contribution < -0.4 is 0 Å². The molecule has 0 spiro atoms. The van der Waals surface area contributed by atoms with Crippen molar-refractivity contribution in [1.82, 2.24) is 14.1 Å². The Balaban J connectivity index is 1.46. The molecule has 3 nitrogen and oxygen atoms in total. The van der Waals surface area contributed by atoms with E-state index in [1.165, 1.54) is 32.6 Å². The minimum atomic E-state index is 0.904. The average molecular weight is 567 g/mol. The van der Waals surface area contributed by atoms with E-state index >= 15 is 0 Å². The van der Waals surface area contributed by atoms with Gasteiger partial charge in [0.25, 0.3) is 0 Å². The largest absolute Gasteiger partial charge is 0.308 e. The van der Waals surface area contributed by atoms with E-state index in [1.807, 2.05) is 6.20 Å². The third-order valence-electron chi connectivity index (χ3n) is 6.49. The van der Waals surface area contributed by atoms with Gasteiger partial charge in [-0.25, -0.2) is 4.98 Å². The topological polar surface area (TPSA) is 22.8 Å². The molecule has 4 aromatic carbocycles. The van der Waals surface area contributed by atoms with Crippen LogP contribution in [0.2, 0.25) is 0 Å². The zero-order valence-corrected chi connectivity index (χ0v) is 21.1. The molecule has 0 fully saturated rings. The second-order valence-electron chi connectivity index (χ2n) is 8.40. The minimum Gasteiger partial charge on any atom is -0.308 e. The number of pyridine rings is 1. The van der Waals surface area contributed by atoms with Crippen molar-refractivity contribution in [2.75, 3.05) is 0 Å². The lowest BCUT2D eigenvalue weighted by atomic mass is 10.2. The predicted molar refractivity (Wildman–Crippen MR) is 148 cm³/mol. The Labute approximate surface area is 212 Å². The first kappa shape index (κ1) is 20.0. The van der Waals surface area contributed by atoms with E-state index in [0.29, 0.717) is 0 Å². The van der Waals surface area contributed by atoms with E-state index < -0.39 is 0 Å². The fourth-order valence-corrected chi connectivity index (χ4v) is 5.78. The molecule has 0 atom stereocenters. The highest BCUT2D eigenvalue weighted by Crippen LogP contribution is 2.35. The lowest BCUT2D eigenvalue weighted by molar-refractivity contribution is 1.05. The molecule has 0 saturated carbocycles. The lowest BCUT2D eigenvalue weighted by Gasteiger charge is -2.10. The fourth-order valence-electron chi connectivity index (χ4n) is 5.06. The van der Waals surface area contributed by atoms with Crippen molar-refractivity contribution in [3.63, 3.8) is 0 Å². The summed E-state index contributed by atoms with van der Waals surface area (Å²) >= 11 is 7.26. The summed E-state index contributed by atoms with van der Waals surface area (Å²) in [7, 11) is 0. The molecule has 3 heterocycles. The molecule has 0 bridgehead atoms. The molecule has 7 rings (SSSR count). The van der Waals surface area contributed by atoms with Gasteiger partial charge in [-0.2, -0.15) is 0 Å². The van der Waals surface area contributed by atoms with Gasteiger partial charge in [-0.05, 0) is 60.7 Å². The highest BCUT2D eigenvalue weighted by molar-refractivity contribution is 9.10. The third-order valence-corrected chi connectivity index (χ3v) is 7.48. The van der Waals surface area contributed by atoms with Crippen molar-refractivity contribution in [1.29, 1.82) is 0 Å². The number of hydrogen-bond acceptors (Lipinski definition) is 1. The molecule has 5 heteroatoms. The number of hydrogen-bond donors (Lipinski definition) is 0. The molecule has 0 amide bonds. The number of rotatable bonds is 2. The number of fused-ring (bicyclic) bond motifs is 6. The summed E-state index contributed by atoms with van der Waals surface area (Å²) in [6, 6.07) is 34.2. The van der Waals surface area contributed by atoms with E-state index in [-0.39, 0.29) is 0 Å².